The van der Waals surface area contributed by atoms with Crippen LogP contribution in [-0.2, 0) is 11.1 Å². The van der Waals surface area contributed by atoms with Gasteiger partial charge in [0.1, 0.15) is 12.4 Å². The predicted octanol–water partition coefficient (Wildman–Crippen LogP) is 3.00. The van der Waals surface area contributed by atoms with E-state index in [0.717, 1.165) is 6.54 Å². The van der Waals surface area contributed by atoms with E-state index in [1.165, 1.54) is 0 Å². The molecule has 1 aromatic heterocycles. The van der Waals surface area contributed by atoms with Crippen LogP contribution in [-0.4, -0.2) is 5.11 Å². The highest BCUT2D eigenvalue weighted by atomic mass is 31.2. The van der Waals surface area contributed by atoms with Crippen LogP contribution in [0, 0.1) is 0 Å². The molecule has 0 aliphatic rings. The summed E-state index contributed by atoms with van der Waals surface area (Å²) in [5, 5.41) is 12.4. The fourth-order valence-corrected chi connectivity index (χ4v) is 5.48. The lowest BCUT2D eigenvalue weighted by molar-refractivity contribution is -0.693. The number of hydrogen-bond donors (Lipinski definition) is 1. The van der Waals surface area contributed by atoms with Crippen LogP contribution in [0.2, 0.25) is 0 Å². The van der Waals surface area contributed by atoms with E-state index in [9.17, 15) is 9.67 Å². The van der Waals surface area contributed by atoms with Gasteiger partial charge in [-0.3, -0.25) is 0 Å². The summed E-state index contributed by atoms with van der Waals surface area (Å²) < 4.78 is 16.0. The first kappa shape index (κ1) is 16.6. The maximum absolute atomic E-state index is 14.0. The van der Waals surface area contributed by atoms with Crippen molar-refractivity contribution in [2.75, 3.05) is 0 Å². The van der Waals surface area contributed by atoms with Crippen molar-refractivity contribution >= 4 is 17.8 Å². The van der Waals surface area contributed by atoms with Crippen molar-refractivity contribution < 1.29 is 14.2 Å². The lowest BCUT2D eigenvalue weighted by Crippen LogP contribution is -2.31. The van der Waals surface area contributed by atoms with Crippen LogP contribution < -0.4 is 15.2 Å². The third kappa shape index (κ3) is 3.06. The van der Waals surface area contributed by atoms with Gasteiger partial charge in [0.2, 0.25) is 0 Å². The van der Waals surface area contributed by atoms with E-state index in [2.05, 4.69) is 6.92 Å². The molecule has 2 aromatic carbocycles. The molecule has 1 atom stereocenters. The molecule has 0 spiro atoms. The Bertz CT molecular complexity index is 789. The quantitative estimate of drug-likeness (QED) is 0.574. The number of hydrogen-bond acceptors (Lipinski definition) is 2. The largest absolute Gasteiger partial charge is 0.380 e. The van der Waals surface area contributed by atoms with E-state index in [1.54, 1.807) is 0 Å². The van der Waals surface area contributed by atoms with Crippen molar-refractivity contribution in [1.29, 1.82) is 0 Å². The first-order valence-electron chi connectivity index (χ1n) is 8.04. The molecule has 0 aliphatic carbocycles. The van der Waals surface area contributed by atoms with Gasteiger partial charge in [-0.1, -0.05) is 60.7 Å². The smallest absolute Gasteiger partial charge is 0.174 e. The average molecular weight is 338 g/mol. The molecule has 0 amide bonds. The van der Waals surface area contributed by atoms with E-state index in [4.69, 9.17) is 0 Å². The fourth-order valence-electron chi connectivity index (χ4n) is 2.79. The second kappa shape index (κ2) is 7.12. The summed E-state index contributed by atoms with van der Waals surface area (Å²) in [5.74, 6) is -1.08. The van der Waals surface area contributed by atoms with Gasteiger partial charge in [-0.2, -0.15) is 0 Å². The van der Waals surface area contributed by atoms with Crippen molar-refractivity contribution in [3.8, 4) is 0 Å². The molecule has 4 heteroatoms. The van der Waals surface area contributed by atoms with Gasteiger partial charge in [0, 0.05) is 28.3 Å². The molecule has 1 heterocycles. The topological polar surface area (TPSA) is 41.2 Å². The zero-order valence-corrected chi connectivity index (χ0v) is 14.5. The van der Waals surface area contributed by atoms with Crippen molar-refractivity contribution in [3.63, 3.8) is 0 Å². The Morgan fingerprint density at radius 1 is 0.875 bits per heavy atom. The maximum Gasteiger partial charge on any atom is 0.174 e. The molecule has 0 unspecified atom stereocenters. The molecular formula is C20H21NO2P+. The molecule has 0 saturated heterocycles. The maximum atomic E-state index is 14.0. The summed E-state index contributed by atoms with van der Waals surface area (Å²) in [6.45, 7) is 2.90. The Balaban J connectivity index is 2.12. The number of nitrogens with zero attached hydrogens (tertiary/aromatic N) is 1. The first-order valence-corrected chi connectivity index (χ1v) is 9.82. The van der Waals surface area contributed by atoms with Gasteiger partial charge in [-0.25, -0.2) is 4.57 Å². The number of aromatic nitrogens is 1. The van der Waals surface area contributed by atoms with Gasteiger partial charge in [0.15, 0.2) is 19.5 Å². The number of rotatable bonds is 5. The van der Waals surface area contributed by atoms with Crippen LogP contribution in [0.25, 0.3) is 0 Å². The Labute approximate surface area is 142 Å². The standard InChI is InChI=1S/C20H21NO2P/c1-2-21-15-13-17(14-16-21)20(22)24(23,18-9-5-3-6-10-18)19-11-7-4-8-12-19/h3-16,20,22H,2H2,1H3/q+1/t20-/m1/s1. The Morgan fingerprint density at radius 3 is 1.75 bits per heavy atom. The molecule has 24 heavy (non-hydrogen) atoms. The summed E-state index contributed by atoms with van der Waals surface area (Å²) in [6.07, 6.45) is 3.80. The lowest BCUT2D eigenvalue weighted by Gasteiger charge is -2.24. The van der Waals surface area contributed by atoms with Gasteiger partial charge in [0.25, 0.3) is 0 Å². The third-order valence-electron chi connectivity index (χ3n) is 4.20. The number of aliphatic hydroxyl groups is 1. The summed E-state index contributed by atoms with van der Waals surface area (Å²) in [5.41, 5.74) is 0.663. The molecule has 3 nitrogen and oxygen atoms in total. The molecule has 3 aromatic rings. The molecule has 1 N–H and O–H groups in total. The van der Waals surface area contributed by atoms with Crippen LogP contribution >= 0.6 is 7.14 Å². The second-order valence-corrected chi connectivity index (χ2v) is 8.50. The predicted molar refractivity (Wildman–Crippen MR) is 97.0 cm³/mol. The van der Waals surface area contributed by atoms with Gasteiger partial charge in [-0.15, -0.1) is 0 Å². The van der Waals surface area contributed by atoms with Crippen molar-refractivity contribution in [3.05, 3.63) is 90.8 Å². The number of aryl methyl sites for hydroxylation is 1. The van der Waals surface area contributed by atoms with Crippen LogP contribution in [0.4, 0.5) is 0 Å². The van der Waals surface area contributed by atoms with Gasteiger partial charge in [-0.05, 0) is 6.92 Å². The SMILES string of the molecule is CC[n+]1ccc([C@H](O)P(=O)(c2ccccc2)c2ccccc2)cc1. The van der Waals surface area contributed by atoms with Gasteiger partial charge in [0.05, 0.1) is 0 Å². The van der Waals surface area contributed by atoms with Crippen LogP contribution in [0.5, 0.6) is 0 Å². The van der Waals surface area contributed by atoms with Crippen molar-refractivity contribution in [1.82, 2.24) is 0 Å². The monoisotopic (exact) mass is 338 g/mol. The summed E-state index contributed by atoms with van der Waals surface area (Å²) in [6, 6.07) is 22.2. The first-order chi connectivity index (χ1) is 11.7. The highest BCUT2D eigenvalue weighted by molar-refractivity contribution is 7.78. The molecule has 0 aliphatic heterocycles. The molecular weight excluding hydrogens is 317 g/mol. The molecule has 0 saturated carbocycles. The van der Waals surface area contributed by atoms with E-state index in [0.29, 0.717) is 16.2 Å². The number of pyridine rings is 1. The van der Waals surface area contributed by atoms with Gasteiger partial charge < -0.3 is 9.67 Å². The molecule has 0 fully saturated rings. The highest BCUT2D eigenvalue weighted by Gasteiger charge is 2.36. The van der Waals surface area contributed by atoms with E-state index >= 15 is 0 Å². The third-order valence-corrected chi connectivity index (χ3v) is 7.32. The second-order valence-electron chi connectivity index (χ2n) is 5.66. The zero-order valence-electron chi connectivity index (χ0n) is 13.6. The summed E-state index contributed by atoms with van der Waals surface area (Å²) in [7, 11) is -3.21. The Morgan fingerprint density at radius 2 is 1.33 bits per heavy atom. The Hall–Kier alpha value is -2.22. The van der Waals surface area contributed by atoms with Crippen LogP contribution in [0.1, 0.15) is 18.3 Å². The summed E-state index contributed by atoms with van der Waals surface area (Å²) >= 11 is 0. The molecule has 3 rings (SSSR count). The Kier molecular flexibility index (Phi) is 4.94. The highest BCUT2D eigenvalue weighted by Crippen LogP contribution is 2.55. The van der Waals surface area contributed by atoms with Crippen LogP contribution in [0.15, 0.2) is 85.2 Å². The number of benzene rings is 2. The minimum atomic E-state index is -3.21. The normalized spacial score (nSPS) is 12.8. The lowest BCUT2D eigenvalue weighted by atomic mass is 10.3. The van der Waals surface area contributed by atoms with Crippen LogP contribution in [0.3, 0.4) is 0 Å². The van der Waals surface area contributed by atoms with E-state index < -0.39 is 13.0 Å². The minimum absolute atomic E-state index is 0.663. The molecule has 0 bridgehead atoms. The fraction of sp³-hybridized carbons (Fsp3) is 0.150. The number of aliphatic hydroxyl groups excluding tert-OH is 1. The van der Waals surface area contributed by atoms with Crippen molar-refractivity contribution in [2.24, 2.45) is 0 Å². The molecule has 0 radical (unpaired) electrons. The van der Waals surface area contributed by atoms with Gasteiger partial charge >= 0.3 is 0 Å². The summed E-state index contributed by atoms with van der Waals surface area (Å²) in [4.78, 5) is 0. The average Bonchev–Trinajstić information content (AvgIpc) is 2.68. The minimum Gasteiger partial charge on any atom is -0.380 e. The van der Waals surface area contributed by atoms with Crippen molar-refractivity contribution in [2.45, 2.75) is 19.3 Å². The van der Waals surface area contributed by atoms with E-state index in [1.807, 2.05) is 89.8 Å². The van der Waals surface area contributed by atoms with E-state index in [-0.39, 0.29) is 0 Å². The zero-order chi connectivity index (χ0) is 17.0. The molecule has 122 valence electrons.